The minimum atomic E-state index is -0.372. The molecule has 1 heterocycles. The Morgan fingerprint density at radius 2 is 2.19 bits per heavy atom. The summed E-state index contributed by atoms with van der Waals surface area (Å²) in [4.78, 5) is 27.4. The van der Waals surface area contributed by atoms with Gasteiger partial charge in [-0.15, -0.1) is 11.3 Å². The predicted molar refractivity (Wildman–Crippen MR) is 82.0 cm³/mol. The van der Waals surface area contributed by atoms with Crippen molar-refractivity contribution in [2.75, 3.05) is 12.4 Å². The van der Waals surface area contributed by atoms with E-state index in [1.165, 1.54) is 18.4 Å². The summed E-state index contributed by atoms with van der Waals surface area (Å²) < 4.78 is 4.56. The average Bonchev–Trinajstić information content (AvgIpc) is 2.88. The van der Waals surface area contributed by atoms with Gasteiger partial charge in [-0.1, -0.05) is 17.7 Å². The van der Waals surface area contributed by atoms with Crippen molar-refractivity contribution in [2.24, 2.45) is 0 Å². The fraction of sp³-hybridized carbons (Fsp3) is 0.214. The van der Waals surface area contributed by atoms with Crippen LogP contribution in [-0.2, 0) is 16.0 Å². The van der Waals surface area contributed by atoms with E-state index in [2.05, 4.69) is 15.0 Å². The van der Waals surface area contributed by atoms with Crippen molar-refractivity contribution in [3.63, 3.8) is 0 Å². The van der Waals surface area contributed by atoms with E-state index in [1.54, 1.807) is 23.6 Å². The molecule has 0 aliphatic carbocycles. The number of hydrogen-bond acceptors (Lipinski definition) is 5. The summed E-state index contributed by atoms with van der Waals surface area (Å²) in [5.41, 5.74) is 1.92. The molecule has 0 saturated carbocycles. The van der Waals surface area contributed by atoms with Crippen molar-refractivity contribution in [1.82, 2.24) is 4.98 Å². The number of ether oxygens (including phenoxy) is 1. The number of aromatic nitrogens is 1. The molecule has 110 valence electrons. The molecule has 0 radical (unpaired) electrons. The smallest absolute Gasteiger partial charge is 0.311 e. The maximum Gasteiger partial charge on any atom is 0.311 e. The first-order valence-electron chi connectivity index (χ1n) is 6.08. The van der Waals surface area contributed by atoms with E-state index < -0.39 is 0 Å². The lowest BCUT2D eigenvalue weighted by molar-refractivity contribution is -0.139. The molecule has 1 amide bonds. The number of carbonyl (C=O) groups is 2. The molecule has 0 bridgehead atoms. The molecule has 7 heteroatoms. The summed E-state index contributed by atoms with van der Waals surface area (Å²) >= 11 is 7.24. The molecule has 5 nitrogen and oxygen atoms in total. The number of thiazole rings is 1. The number of methoxy groups -OCH3 is 1. The number of esters is 1. The third-order valence-electron chi connectivity index (χ3n) is 2.76. The maximum atomic E-state index is 12.1. The maximum absolute atomic E-state index is 12.1. The lowest BCUT2D eigenvalue weighted by Crippen LogP contribution is -2.12. The van der Waals surface area contributed by atoms with Crippen LogP contribution in [0.2, 0.25) is 5.02 Å². The topological polar surface area (TPSA) is 68.3 Å². The van der Waals surface area contributed by atoms with E-state index in [-0.39, 0.29) is 18.3 Å². The zero-order valence-corrected chi connectivity index (χ0v) is 13.0. The van der Waals surface area contributed by atoms with Crippen LogP contribution in [0, 0.1) is 6.92 Å². The van der Waals surface area contributed by atoms with Gasteiger partial charge in [0, 0.05) is 16.0 Å². The van der Waals surface area contributed by atoms with Gasteiger partial charge in [-0.25, -0.2) is 4.98 Å². The normalized spacial score (nSPS) is 10.2. The highest BCUT2D eigenvalue weighted by molar-refractivity contribution is 7.14. The van der Waals surface area contributed by atoms with Crippen molar-refractivity contribution in [1.29, 1.82) is 0 Å². The van der Waals surface area contributed by atoms with Crippen molar-refractivity contribution in [3.8, 4) is 0 Å². The van der Waals surface area contributed by atoms with Gasteiger partial charge < -0.3 is 4.74 Å². The zero-order valence-electron chi connectivity index (χ0n) is 11.5. The molecule has 2 aromatic rings. The quantitative estimate of drug-likeness (QED) is 0.878. The average molecular weight is 325 g/mol. The van der Waals surface area contributed by atoms with Crippen LogP contribution in [0.1, 0.15) is 21.6 Å². The highest BCUT2D eigenvalue weighted by Gasteiger charge is 2.12. The molecule has 0 saturated heterocycles. The first-order chi connectivity index (χ1) is 9.99. The van der Waals surface area contributed by atoms with Gasteiger partial charge in [-0.3, -0.25) is 14.9 Å². The van der Waals surface area contributed by atoms with Gasteiger partial charge in [-0.05, 0) is 24.6 Å². The molecule has 0 unspecified atom stereocenters. The molecule has 0 fully saturated rings. The van der Waals surface area contributed by atoms with E-state index in [4.69, 9.17) is 11.6 Å². The van der Waals surface area contributed by atoms with Crippen LogP contribution in [0.4, 0.5) is 5.13 Å². The number of anilines is 1. The van der Waals surface area contributed by atoms with E-state index in [9.17, 15) is 9.59 Å². The molecular formula is C14H13ClN2O3S. The fourth-order valence-corrected chi connectivity index (χ4v) is 2.45. The van der Waals surface area contributed by atoms with Crippen LogP contribution in [0.3, 0.4) is 0 Å². The molecule has 1 N–H and O–H groups in total. The molecule has 1 aromatic heterocycles. The lowest BCUT2D eigenvalue weighted by Gasteiger charge is -2.03. The van der Waals surface area contributed by atoms with Gasteiger partial charge >= 0.3 is 5.97 Å². The van der Waals surface area contributed by atoms with Gasteiger partial charge in [-0.2, -0.15) is 0 Å². The Labute approximate surface area is 130 Å². The summed E-state index contributed by atoms with van der Waals surface area (Å²) in [6.07, 6.45) is 0.0826. The minimum Gasteiger partial charge on any atom is -0.469 e. The molecule has 0 aliphatic rings. The summed E-state index contributed by atoms with van der Waals surface area (Å²) in [6, 6.07) is 5.08. The Morgan fingerprint density at radius 1 is 1.43 bits per heavy atom. The fourth-order valence-electron chi connectivity index (χ4n) is 1.57. The second kappa shape index (κ2) is 6.69. The zero-order chi connectivity index (χ0) is 15.4. The second-order valence-corrected chi connectivity index (χ2v) is 5.58. The molecule has 2 rings (SSSR count). The summed E-state index contributed by atoms with van der Waals surface area (Å²) in [7, 11) is 1.32. The minimum absolute atomic E-state index is 0.0826. The van der Waals surface area contributed by atoms with Gasteiger partial charge in [0.1, 0.15) is 0 Å². The largest absolute Gasteiger partial charge is 0.469 e. The Bertz CT molecular complexity index is 685. The lowest BCUT2D eigenvalue weighted by atomic mass is 10.1. The highest BCUT2D eigenvalue weighted by Crippen LogP contribution is 2.20. The monoisotopic (exact) mass is 324 g/mol. The van der Waals surface area contributed by atoms with E-state index in [0.29, 0.717) is 21.4 Å². The number of carbonyl (C=O) groups excluding carboxylic acids is 2. The molecule has 0 aliphatic heterocycles. The Kier molecular flexibility index (Phi) is 4.93. The van der Waals surface area contributed by atoms with Gasteiger partial charge in [0.15, 0.2) is 5.13 Å². The first-order valence-corrected chi connectivity index (χ1v) is 7.34. The molecule has 0 atom stereocenters. The number of nitrogens with zero attached hydrogens (tertiary/aromatic N) is 1. The van der Waals surface area contributed by atoms with Gasteiger partial charge in [0.2, 0.25) is 0 Å². The van der Waals surface area contributed by atoms with Crippen molar-refractivity contribution >= 4 is 39.9 Å². The van der Waals surface area contributed by atoms with E-state index in [0.717, 1.165) is 5.56 Å². The van der Waals surface area contributed by atoms with E-state index >= 15 is 0 Å². The second-order valence-electron chi connectivity index (χ2n) is 4.31. The SMILES string of the molecule is COC(=O)Cc1csc(NC(=O)c2ccc(C)c(Cl)c2)n1. The van der Waals surface area contributed by atoms with E-state index in [1.807, 2.05) is 6.92 Å². The number of benzene rings is 1. The number of aryl methyl sites for hydroxylation is 1. The molecule has 21 heavy (non-hydrogen) atoms. The summed E-state index contributed by atoms with van der Waals surface area (Å²) in [6.45, 7) is 1.87. The standard InChI is InChI=1S/C14H13ClN2O3S/c1-8-3-4-9(5-11(8)15)13(19)17-14-16-10(7-21-14)6-12(18)20-2/h3-5,7H,6H2,1-2H3,(H,16,17,19). The van der Waals surface area contributed by atoms with Crippen LogP contribution < -0.4 is 5.32 Å². The molecule has 0 spiro atoms. The van der Waals surface area contributed by atoms with Crippen LogP contribution in [0.5, 0.6) is 0 Å². The Balaban J connectivity index is 2.05. The van der Waals surface area contributed by atoms with Crippen molar-refractivity contribution in [2.45, 2.75) is 13.3 Å². The van der Waals surface area contributed by atoms with Crippen LogP contribution >= 0.6 is 22.9 Å². The summed E-state index contributed by atoms with van der Waals surface area (Å²) in [5, 5.41) is 5.34. The molecule has 1 aromatic carbocycles. The number of halogens is 1. The van der Waals surface area contributed by atoms with Crippen LogP contribution in [0.15, 0.2) is 23.6 Å². The van der Waals surface area contributed by atoms with Gasteiger partial charge in [0.25, 0.3) is 5.91 Å². The van der Waals surface area contributed by atoms with Gasteiger partial charge in [0.05, 0.1) is 19.2 Å². The summed E-state index contributed by atoms with van der Waals surface area (Å²) in [5.74, 6) is -0.667. The number of hydrogen-bond donors (Lipinski definition) is 1. The third kappa shape index (κ3) is 4.03. The highest BCUT2D eigenvalue weighted by atomic mass is 35.5. The van der Waals surface area contributed by atoms with Crippen molar-refractivity contribution < 1.29 is 14.3 Å². The number of amides is 1. The van der Waals surface area contributed by atoms with Crippen LogP contribution in [-0.4, -0.2) is 24.0 Å². The van der Waals surface area contributed by atoms with Crippen LogP contribution in [0.25, 0.3) is 0 Å². The number of nitrogens with one attached hydrogen (secondary N) is 1. The van der Waals surface area contributed by atoms with Crippen molar-refractivity contribution in [3.05, 3.63) is 45.4 Å². The predicted octanol–water partition coefficient (Wildman–Crippen LogP) is 3.07. The molecular weight excluding hydrogens is 312 g/mol. The first kappa shape index (κ1) is 15.5. The Hall–Kier alpha value is -1.92. The Morgan fingerprint density at radius 3 is 2.86 bits per heavy atom. The number of rotatable bonds is 4. The third-order valence-corrected chi connectivity index (χ3v) is 3.97.